The molecule has 0 radical (unpaired) electrons. The Balaban J connectivity index is 2.04. The molecule has 0 aliphatic rings. The van der Waals surface area contributed by atoms with E-state index in [9.17, 15) is 0 Å². The first-order valence-electron chi connectivity index (χ1n) is 7.70. The van der Waals surface area contributed by atoms with Gasteiger partial charge in [0.15, 0.2) is 0 Å². The first-order chi connectivity index (χ1) is 11.3. The van der Waals surface area contributed by atoms with Gasteiger partial charge in [0.25, 0.3) is 0 Å². The zero-order valence-electron chi connectivity index (χ0n) is 12.9. The molecule has 0 aliphatic heterocycles. The Morgan fingerprint density at radius 2 is 1.52 bits per heavy atom. The van der Waals surface area contributed by atoms with Gasteiger partial charge < -0.3 is 0 Å². The van der Waals surface area contributed by atoms with E-state index in [1.807, 2.05) is 18.2 Å². The highest BCUT2D eigenvalue weighted by molar-refractivity contribution is 5.97. The van der Waals surface area contributed by atoms with Crippen LogP contribution in [0.2, 0.25) is 0 Å². The summed E-state index contributed by atoms with van der Waals surface area (Å²) in [5.41, 5.74) is 5.21. The highest BCUT2D eigenvalue weighted by Crippen LogP contribution is 2.32. The number of rotatable bonds is 2. The predicted molar refractivity (Wildman–Crippen MR) is 95.1 cm³/mol. The van der Waals surface area contributed by atoms with Gasteiger partial charge in [-0.3, -0.25) is 4.98 Å². The summed E-state index contributed by atoms with van der Waals surface area (Å²) < 4.78 is 0. The summed E-state index contributed by atoms with van der Waals surface area (Å²) in [7, 11) is 0. The summed E-state index contributed by atoms with van der Waals surface area (Å²) >= 11 is 0. The summed E-state index contributed by atoms with van der Waals surface area (Å²) in [6.07, 6.45) is 1.81. The molecular formula is C21H16N2. The summed E-state index contributed by atoms with van der Waals surface area (Å²) in [6.45, 7) is 2.12. The number of fused-ring (bicyclic) bond motifs is 1. The summed E-state index contributed by atoms with van der Waals surface area (Å²) in [5, 5.41) is 2.35. The third-order valence-corrected chi connectivity index (χ3v) is 4.07. The molecule has 0 N–H and O–H groups in total. The maximum atomic E-state index is 4.94. The molecule has 0 saturated carbocycles. The number of aryl methyl sites for hydroxylation is 1. The SMILES string of the molecule is Cc1ccccc1-c1nc(-c2ccccn2)cc2ccccc12. The van der Waals surface area contributed by atoms with Gasteiger partial charge in [-0.2, -0.15) is 0 Å². The van der Waals surface area contributed by atoms with Crippen LogP contribution in [0.1, 0.15) is 5.56 Å². The molecule has 4 rings (SSSR count). The standard InChI is InChI=1S/C21H16N2/c1-15-8-2-4-10-17(15)21-18-11-5-3-9-16(18)14-20(23-21)19-12-6-7-13-22-19/h2-14H,1H3. The largest absolute Gasteiger partial charge is 0.255 e. The number of benzene rings is 2. The van der Waals surface area contributed by atoms with Crippen LogP contribution in [0, 0.1) is 6.92 Å². The minimum absolute atomic E-state index is 0.896. The van der Waals surface area contributed by atoms with Crippen LogP contribution in [-0.2, 0) is 0 Å². The fraction of sp³-hybridized carbons (Fsp3) is 0.0476. The van der Waals surface area contributed by atoms with Crippen molar-refractivity contribution < 1.29 is 0 Å². The van der Waals surface area contributed by atoms with Crippen molar-refractivity contribution in [3.63, 3.8) is 0 Å². The molecule has 2 aromatic heterocycles. The van der Waals surface area contributed by atoms with Crippen LogP contribution >= 0.6 is 0 Å². The van der Waals surface area contributed by atoms with E-state index >= 15 is 0 Å². The van der Waals surface area contributed by atoms with Crippen molar-refractivity contribution in [3.05, 3.63) is 84.6 Å². The minimum Gasteiger partial charge on any atom is -0.255 e. The predicted octanol–water partition coefficient (Wildman–Crippen LogP) is 5.27. The second kappa shape index (κ2) is 5.65. The van der Waals surface area contributed by atoms with E-state index in [1.165, 1.54) is 21.9 Å². The molecule has 2 nitrogen and oxygen atoms in total. The van der Waals surface area contributed by atoms with E-state index in [4.69, 9.17) is 4.98 Å². The van der Waals surface area contributed by atoms with E-state index in [2.05, 4.69) is 66.5 Å². The van der Waals surface area contributed by atoms with E-state index in [0.29, 0.717) is 0 Å². The molecule has 0 amide bonds. The summed E-state index contributed by atoms with van der Waals surface area (Å²) in [4.78, 5) is 9.39. The van der Waals surface area contributed by atoms with Crippen molar-refractivity contribution in [2.75, 3.05) is 0 Å². The molecule has 0 spiro atoms. The van der Waals surface area contributed by atoms with Gasteiger partial charge in [-0.15, -0.1) is 0 Å². The van der Waals surface area contributed by atoms with Crippen LogP contribution in [0.15, 0.2) is 79.0 Å². The fourth-order valence-corrected chi connectivity index (χ4v) is 2.89. The van der Waals surface area contributed by atoms with Crippen molar-refractivity contribution >= 4 is 10.8 Å². The fourth-order valence-electron chi connectivity index (χ4n) is 2.89. The Morgan fingerprint density at radius 3 is 2.35 bits per heavy atom. The van der Waals surface area contributed by atoms with Crippen LogP contribution in [-0.4, -0.2) is 9.97 Å². The van der Waals surface area contributed by atoms with Crippen LogP contribution < -0.4 is 0 Å². The lowest BCUT2D eigenvalue weighted by Crippen LogP contribution is -1.93. The Morgan fingerprint density at radius 1 is 0.739 bits per heavy atom. The smallest absolute Gasteiger partial charge is 0.0900 e. The van der Waals surface area contributed by atoms with E-state index < -0.39 is 0 Å². The number of hydrogen-bond donors (Lipinski definition) is 0. The highest BCUT2D eigenvalue weighted by Gasteiger charge is 2.11. The quantitative estimate of drug-likeness (QED) is 0.503. The van der Waals surface area contributed by atoms with Gasteiger partial charge in [0, 0.05) is 17.1 Å². The second-order valence-electron chi connectivity index (χ2n) is 5.61. The molecule has 110 valence electrons. The van der Waals surface area contributed by atoms with Crippen LogP contribution in [0.5, 0.6) is 0 Å². The van der Waals surface area contributed by atoms with E-state index in [1.54, 1.807) is 6.20 Å². The monoisotopic (exact) mass is 296 g/mol. The molecule has 0 fully saturated rings. The number of hydrogen-bond acceptors (Lipinski definition) is 2. The molecular weight excluding hydrogens is 280 g/mol. The van der Waals surface area contributed by atoms with Crippen LogP contribution in [0.25, 0.3) is 33.4 Å². The van der Waals surface area contributed by atoms with E-state index in [0.717, 1.165) is 17.1 Å². The molecule has 0 atom stereocenters. The summed E-state index contributed by atoms with van der Waals surface area (Å²) in [5.74, 6) is 0. The van der Waals surface area contributed by atoms with Gasteiger partial charge >= 0.3 is 0 Å². The van der Waals surface area contributed by atoms with Crippen molar-refractivity contribution in [1.29, 1.82) is 0 Å². The number of pyridine rings is 2. The van der Waals surface area contributed by atoms with Crippen molar-refractivity contribution in [2.45, 2.75) is 6.92 Å². The highest BCUT2D eigenvalue weighted by atomic mass is 14.8. The second-order valence-corrected chi connectivity index (χ2v) is 5.61. The Labute approximate surface area is 135 Å². The lowest BCUT2D eigenvalue weighted by molar-refractivity contribution is 1.26. The van der Waals surface area contributed by atoms with Crippen LogP contribution in [0.3, 0.4) is 0 Å². The minimum atomic E-state index is 0.896. The topological polar surface area (TPSA) is 25.8 Å². The maximum absolute atomic E-state index is 4.94. The van der Waals surface area contributed by atoms with Gasteiger partial charge in [0.2, 0.25) is 0 Å². The van der Waals surface area contributed by atoms with Gasteiger partial charge in [-0.25, -0.2) is 4.98 Å². The van der Waals surface area contributed by atoms with Crippen molar-refractivity contribution in [2.24, 2.45) is 0 Å². The maximum Gasteiger partial charge on any atom is 0.0900 e. The van der Waals surface area contributed by atoms with Gasteiger partial charge in [-0.05, 0) is 36.1 Å². The molecule has 0 aliphatic carbocycles. The third kappa shape index (κ3) is 2.49. The molecule has 2 heteroatoms. The molecule has 2 heterocycles. The first-order valence-corrected chi connectivity index (χ1v) is 7.70. The first kappa shape index (κ1) is 13.6. The molecule has 2 aromatic carbocycles. The lowest BCUT2D eigenvalue weighted by Gasteiger charge is -2.11. The molecule has 0 unspecified atom stereocenters. The lowest BCUT2D eigenvalue weighted by atomic mass is 9.99. The Kier molecular flexibility index (Phi) is 3.35. The van der Waals surface area contributed by atoms with Crippen molar-refractivity contribution in [1.82, 2.24) is 9.97 Å². The van der Waals surface area contributed by atoms with Gasteiger partial charge in [-0.1, -0.05) is 54.6 Å². The molecule has 4 aromatic rings. The van der Waals surface area contributed by atoms with Gasteiger partial charge in [0.05, 0.1) is 17.1 Å². The number of aromatic nitrogens is 2. The third-order valence-electron chi connectivity index (χ3n) is 4.07. The molecule has 0 bridgehead atoms. The molecule has 23 heavy (non-hydrogen) atoms. The normalized spacial score (nSPS) is 10.8. The van der Waals surface area contributed by atoms with E-state index in [-0.39, 0.29) is 0 Å². The average Bonchev–Trinajstić information content (AvgIpc) is 2.62. The average molecular weight is 296 g/mol. The van der Waals surface area contributed by atoms with Gasteiger partial charge in [0.1, 0.15) is 0 Å². The van der Waals surface area contributed by atoms with Crippen molar-refractivity contribution in [3.8, 4) is 22.6 Å². The summed E-state index contributed by atoms with van der Waals surface area (Å²) in [6, 6.07) is 24.8. The molecule has 0 saturated heterocycles. The number of nitrogens with zero attached hydrogens (tertiary/aromatic N) is 2. The van der Waals surface area contributed by atoms with Crippen LogP contribution in [0.4, 0.5) is 0 Å². The zero-order valence-corrected chi connectivity index (χ0v) is 12.9. The Bertz CT molecular complexity index is 975. The Hall–Kier alpha value is -3.00. The zero-order chi connectivity index (χ0) is 15.6.